The molecule has 9 nitrogen and oxygen atoms in total. The van der Waals surface area contributed by atoms with Crippen LogP contribution >= 0.6 is 22.9 Å². The summed E-state index contributed by atoms with van der Waals surface area (Å²) in [5, 5.41) is 5.08. The third-order valence-electron chi connectivity index (χ3n) is 7.49. The minimum atomic E-state index is -3.99. The number of nitrogens with one attached hydrogen (secondary N) is 2. The highest BCUT2D eigenvalue weighted by Gasteiger charge is 2.26. The topological polar surface area (TPSA) is 131 Å². The third kappa shape index (κ3) is 5.42. The first-order chi connectivity index (χ1) is 20.9. The monoisotopic (exact) mass is 645 g/mol. The molecule has 0 aliphatic rings. The minimum absolute atomic E-state index is 0.125. The molecule has 12 heteroatoms. The number of hydrogen-bond donors (Lipinski definition) is 2. The Morgan fingerprint density at radius 2 is 1.82 bits per heavy atom. The Morgan fingerprint density at radius 1 is 1.02 bits per heavy atom. The van der Waals surface area contributed by atoms with E-state index in [4.69, 9.17) is 16.1 Å². The predicted octanol–water partition coefficient (Wildman–Crippen LogP) is 7.29. The number of pyridine rings is 3. The van der Waals surface area contributed by atoms with Gasteiger partial charge in [-0.25, -0.2) is 8.42 Å². The molecular weight excluding hydrogens is 618 g/mol. The van der Waals surface area contributed by atoms with Crippen molar-refractivity contribution in [3.8, 4) is 22.4 Å². The summed E-state index contributed by atoms with van der Waals surface area (Å²) in [6.45, 7) is 9.11. The number of anilines is 1. The Hall–Kier alpha value is -4.32. The molecule has 0 bridgehead atoms. The van der Waals surface area contributed by atoms with E-state index < -0.39 is 10.0 Å². The molecule has 1 aromatic carbocycles. The van der Waals surface area contributed by atoms with Gasteiger partial charge in [0, 0.05) is 49.6 Å². The number of thiophene rings is 1. The molecule has 2 N–H and O–H groups in total. The minimum Gasteiger partial charge on any atom is -0.359 e. The molecule has 0 amide bonds. The summed E-state index contributed by atoms with van der Waals surface area (Å²) in [4.78, 5) is 26.4. The van der Waals surface area contributed by atoms with Crippen LogP contribution in [0.25, 0.3) is 33.3 Å². The smallest absolute Gasteiger partial charge is 0.273 e. The highest BCUT2D eigenvalue weighted by Crippen LogP contribution is 2.40. The van der Waals surface area contributed by atoms with Gasteiger partial charge in [-0.15, -0.1) is 11.3 Å². The zero-order chi connectivity index (χ0) is 31.3. The first kappa shape index (κ1) is 29.7. The molecule has 0 unspecified atom stereocenters. The van der Waals surface area contributed by atoms with E-state index in [0.29, 0.717) is 50.7 Å². The maximum Gasteiger partial charge on any atom is 0.273 e. The fraction of sp³-hybridized carbons (Fsp3) is 0.188. The first-order valence-corrected chi connectivity index (χ1v) is 16.4. The van der Waals surface area contributed by atoms with Gasteiger partial charge in [0.25, 0.3) is 15.6 Å². The van der Waals surface area contributed by atoms with Crippen LogP contribution in [-0.2, 0) is 16.4 Å². The lowest BCUT2D eigenvalue weighted by molar-refractivity contribution is 0.399. The second-order valence-corrected chi connectivity index (χ2v) is 14.2. The molecule has 0 saturated heterocycles. The fourth-order valence-corrected chi connectivity index (χ4v) is 8.38. The number of aromatic amines is 1. The number of halogens is 1. The Kier molecular flexibility index (Phi) is 7.64. The average Bonchev–Trinajstić information content (AvgIpc) is 3.50. The van der Waals surface area contributed by atoms with E-state index in [1.807, 2.05) is 63.2 Å². The lowest BCUT2D eigenvalue weighted by Crippen LogP contribution is -2.15. The summed E-state index contributed by atoms with van der Waals surface area (Å²) in [7, 11) is -3.99. The van der Waals surface area contributed by atoms with Gasteiger partial charge in [-0.3, -0.25) is 19.5 Å². The van der Waals surface area contributed by atoms with Crippen molar-refractivity contribution in [2.75, 3.05) is 4.72 Å². The molecule has 6 aromatic rings. The van der Waals surface area contributed by atoms with Gasteiger partial charge in [0.05, 0.1) is 16.8 Å². The lowest BCUT2D eigenvalue weighted by atomic mass is 9.93. The van der Waals surface area contributed by atoms with Crippen LogP contribution in [0.15, 0.2) is 68.3 Å². The van der Waals surface area contributed by atoms with Crippen molar-refractivity contribution in [2.24, 2.45) is 0 Å². The van der Waals surface area contributed by atoms with Gasteiger partial charge in [-0.05, 0) is 82.5 Å². The van der Waals surface area contributed by atoms with Crippen molar-refractivity contribution in [3.63, 3.8) is 0 Å². The van der Waals surface area contributed by atoms with Crippen LogP contribution < -0.4 is 10.3 Å². The molecule has 224 valence electrons. The summed E-state index contributed by atoms with van der Waals surface area (Å²) in [5.41, 5.74) is 6.37. The number of fused-ring (bicyclic) bond motifs is 1. The maximum absolute atomic E-state index is 13.5. The van der Waals surface area contributed by atoms with Crippen molar-refractivity contribution >= 4 is 49.7 Å². The molecule has 0 spiro atoms. The van der Waals surface area contributed by atoms with Gasteiger partial charge in [0.2, 0.25) is 0 Å². The van der Waals surface area contributed by atoms with Crippen LogP contribution in [0.5, 0.6) is 0 Å². The Morgan fingerprint density at radius 3 is 2.50 bits per heavy atom. The molecular formula is C32H28ClN5O4S2. The first-order valence-electron chi connectivity index (χ1n) is 13.7. The highest BCUT2D eigenvalue weighted by molar-refractivity contribution is 7.94. The number of H-pyrrole nitrogens is 1. The van der Waals surface area contributed by atoms with Gasteiger partial charge in [0.1, 0.15) is 9.97 Å². The quantitative estimate of drug-likeness (QED) is 0.186. The van der Waals surface area contributed by atoms with E-state index >= 15 is 0 Å². The molecule has 0 aliphatic heterocycles. The van der Waals surface area contributed by atoms with Gasteiger partial charge >= 0.3 is 0 Å². The van der Waals surface area contributed by atoms with Crippen LogP contribution in [0.4, 0.5) is 5.82 Å². The number of sulfonamides is 1. The number of aromatic nitrogens is 4. The van der Waals surface area contributed by atoms with Crippen molar-refractivity contribution in [2.45, 2.75) is 45.2 Å². The summed E-state index contributed by atoms with van der Waals surface area (Å²) < 4.78 is 34.8. The van der Waals surface area contributed by atoms with Crippen molar-refractivity contribution in [1.82, 2.24) is 20.1 Å². The zero-order valence-electron chi connectivity index (χ0n) is 24.6. The molecule has 5 heterocycles. The molecule has 0 radical (unpaired) electrons. The maximum atomic E-state index is 13.5. The molecule has 6 rings (SSSR count). The van der Waals surface area contributed by atoms with Crippen molar-refractivity contribution < 1.29 is 12.9 Å². The number of rotatable bonds is 7. The van der Waals surface area contributed by atoms with Gasteiger partial charge in [-0.2, -0.15) is 0 Å². The van der Waals surface area contributed by atoms with Crippen LogP contribution in [0.1, 0.15) is 38.7 Å². The zero-order valence-corrected chi connectivity index (χ0v) is 27.0. The van der Waals surface area contributed by atoms with E-state index in [1.54, 1.807) is 26.1 Å². The largest absolute Gasteiger partial charge is 0.359 e. The van der Waals surface area contributed by atoms with Crippen LogP contribution in [-0.4, -0.2) is 28.5 Å². The average molecular weight is 646 g/mol. The Bertz CT molecular complexity index is 2240. The number of aryl methyl sites for hydroxylation is 4. The van der Waals surface area contributed by atoms with Crippen LogP contribution in [0.3, 0.4) is 0 Å². The predicted molar refractivity (Wildman–Crippen MR) is 174 cm³/mol. The van der Waals surface area contributed by atoms with E-state index in [0.717, 1.165) is 44.1 Å². The van der Waals surface area contributed by atoms with Crippen LogP contribution in [0, 0.1) is 34.6 Å². The molecule has 5 aromatic heterocycles. The molecule has 44 heavy (non-hydrogen) atoms. The van der Waals surface area contributed by atoms with E-state index in [-0.39, 0.29) is 15.6 Å². The summed E-state index contributed by atoms with van der Waals surface area (Å²) in [6.07, 6.45) is 2.03. The second-order valence-electron chi connectivity index (χ2n) is 10.7. The lowest BCUT2D eigenvalue weighted by Gasteiger charge is -2.15. The standard InChI is InChI=1S/C32H28ClN5O4S2/c1-16-12-27-28(19(4)35-16)24(29(31(39)36-27)26-8-6-7-11-34-26)14-21-9-10-22(25(33)15-21)23-13-17(2)43-32(23)44(40,41)38-30-18(3)20(5)42-37-30/h6-13,15H,14H2,1-5H3,(H,36,39)(H,37,38). The summed E-state index contributed by atoms with van der Waals surface area (Å²) in [5.74, 6) is 0.680. The molecule has 0 atom stereocenters. The van der Waals surface area contributed by atoms with Crippen molar-refractivity contribution in [1.29, 1.82) is 0 Å². The normalized spacial score (nSPS) is 11.8. The van der Waals surface area contributed by atoms with Crippen LogP contribution in [0.2, 0.25) is 5.02 Å². The molecule has 0 saturated carbocycles. The molecule has 0 fully saturated rings. The van der Waals surface area contributed by atoms with Gasteiger partial charge < -0.3 is 9.51 Å². The SMILES string of the molecule is Cc1cc2[nH]c(=O)c(-c3ccccn3)c(Cc3ccc(-c4cc(C)sc4S(=O)(=O)Nc4noc(C)c4C)c(Cl)c3)c2c(C)n1. The van der Waals surface area contributed by atoms with E-state index in [9.17, 15) is 13.2 Å². The second kappa shape index (κ2) is 11.3. The number of hydrogen-bond acceptors (Lipinski definition) is 8. The summed E-state index contributed by atoms with van der Waals surface area (Å²) in [6, 6.07) is 14.6. The summed E-state index contributed by atoms with van der Waals surface area (Å²) >= 11 is 8.03. The van der Waals surface area contributed by atoms with Gasteiger partial charge in [-0.1, -0.05) is 35.0 Å². The highest BCUT2D eigenvalue weighted by atomic mass is 35.5. The number of nitrogens with zero attached hydrogens (tertiary/aromatic N) is 3. The van der Waals surface area contributed by atoms with E-state index in [1.165, 1.54) is 0 Å². The fourth-order valence-electron chi connectivity index (χ4n) is 5.37. The third-order valence-corrected chi connectivity index (χ3v) is 10.7. The van der Waals surface area contributed by atoms with Gasteiger partial charge in [0.15, 0.2) is 5.82 Å². The van der Waals surface area contributed by atoms with E-state index in [2.05, 4.69) is 24.8 Å². The molecule has 0 aliphatic carbocycles. The Balaban J connectivity index is 1.44. The Labute approximate surface area is 263 Å². The number of benzene rings is 1. The van der Waals surface area contributed by atoms with Crippen molar-refractivity contribution in [3.05, 3.63) is 109 Å².